The maximum atomic E-state index is 13.3. The molecule has 6 heteroatoms. The van der Waals surface area contributed by atoms with Gasteiger partial charge in [0.2, 0.25) is 12.7 Å². The third-order valence-electron chi connectivity index (χ3n) is 5.09. The van der Waals surface area contributed by atoms with Crippen LogP contribution in [-0.2, 0) is 11.3 Å². The van der Waals surface area contributed by atoms with Crippen LogP contribution in [0.1, 0.15) is 12.5 Å². The lowest BCUT2D eigenvalue weighted by Crippen LogP contribution is -2.50. The molecule has 0 saturated carbocycles. The van der Waals surface area contributed by atoms with Gasteiger partial charge in [0.25, 0.3) is 0 Å². The predicted molar refractivity (Wildman–Crippen MR) is 95.7 cm³/mol. The third-order valence-corrected chi connectivity index (χ3v) is 5.09. The lowest BCUT2D eigenvalue weighted by atomic mass is 9.87. The topological polar surface area (TPSA) is 50.8 Å². The maximum Gasteiger partial charge on any atom is 0.231 e. The first kappa shape index (κ1) is 16.8. The Labute approximate surface area is 151 Å². The molecule has 136 valence electrons. The number of benzene rings is 2. The van der Waals surface area contributed by atoms with Crippen LogP contribution >= 0.6 is 0 Å². The Hall–Kier alpha value is -2.60. The summed E-state index contributed by atoms with van der Waals surface area (Å²) in [6, 6.07) is 11.7. The van der Waals surface area contributed by atoms with Gasteiger partial charge in [-0.15, -0.1) is 0 Å². The fourth-order valence-corrected chi connectivity index (χ4v) is 3.25. The maximum absolute atomic E-state index is 13.3. The van der Waals surface area contributed by atoms with Gasteiger partial charge in [0.05, 0.1) is 6.54 Å². The van der Waals surface area contributed by atoms with Crippen LogP contribution in [0.3, 0.4) is 0 Å². The van der Waals surface area contributed by atoms with Crippen LogP contribution in [0.2, 0.25) is 0 Å². The molecule has 26 heavy (non-hydrogen) atoms. The Morgan fingerprint density at radius 1 is 1.19 bits per heavy atom. The number of halogens is 1. The summed E-state index contributed by atoms with van der Waals surface area (Å²) in [6.07, 6.45) is 0. The molecule has 1 saturated heterocycles. The second kappa shape index (κ2) is 6.96. The van der Waals surface area contributed by atoms with Crippen LogP contribution in [0, 0.1) is 17.7 Å². The molecule has 0 bridgehead atoms. The highest BCUT2D eigenvalue weighted by Gasteiger charge is 2.32. The van der Waals surface area contributed by atoms with E-state index >= 15 is 0 Å². The van der Waals surface area contributed by atoms with Gasteiger partial charge in [0.1, 0.15) is 5.82 Å². The highest BCUT2D eigenvalue weighted by molar-refractivity contribution is 5.95. The molecule has 2 aromatic carbocycles. The summed E-state index contributed by atoms with van der Waals surface area (Å²) in [7, 11) is 0. The van der Waals surface area contributed by atoms with E-state index in [9.17, 15) is 9.18 Å². The molecule has 5 nitrogen and oxygen atoms in total. The van der Waals surface area contributed by atoms with E-state index in [0.717, 1.165) is 18.7 Å². The minimum atomic E-state index is -0.319. The second-order valence-electron chi connectivity index (χ2n) is 6.80. The van der Waals surface area contributed by atoms with E-state index in [1.165, 1.54) is 12.1 Å². The quantitative estimate of drug-likeness (QED) is 0.895. The molecule has 0 radical (unpaired) electrons. The first-order chi connectivity index (χ1) is 12.6. The molecule has 1 atom stereocenters. The van der Waals surface area contributed by atoms with Crippen molar-refractivity contribution in [2.45, 2.75) is 13.5 Å². The highest BCUT2D eigenvalue weighted by Crippen LogP contribution is 2.33. The van der Waals surface area contributed by atoms with Crippen molar-refractivity contribution in [2.24, 2.45) is 11.8 Å². The van der Waals surface area contributed by atoms with E-state index in [1.807, 2.05) is 25.1 Å². The number of amides is 1. The average molecular weight is 356 g/mol. The van der Waals surface area contributed by atoms with E-state index in [4.69, 9.17) is 9.47 Å². The van der Waals surface area contributed by atoms with Gasteiger partial charge in [-0.3, -0.25) is 4.79 Å². The zero-order valence-electron chi connectivity index (χ0n) is 14.6. The number of nitrogens with zero attached hydrogens (tertiary/aromatic N) is 1. The standard InChI is InChI=1S/C20H21FN2O3/c1-13(15-9-22-10-15)20(24)23(17-5-3-16(21)4-6-17)11-14-2-7-18-19(8-14)26-12-25-18/h2-8,13,15,22H,9-12H2,1H3. The number of nitrogens with one attached hydrogen (secondary N) is 1. The minimum absolute atomic E-state index is 0.0424. The first-order valence-corrected chi connectivity index (χ1v) is 8.78. The van der Waals surface area contributed by atoms with Crippen molar-refractivity contribution in [1.82, 2.24) is 5.32 Å². The molecular weight excluding hydrogens is 335 g/mol. The Kier molecular flexibility index (Phi) is 4.51. The molecule has 1 amide bonds. The van der Waals surface area contributed by atoms with Crippen molar-refractivity contribution >= 4 is 11.6 Å². The number of carbonyl (C=O) groups excluding carboxylic acids is 1. The summed E-state index contributed by atoms with van der Waals surface area (Å²) in [4.78, 5) is 14.9. The van der Waals surface area contributed by atoms with Gasteiger partial charge >= 0.3 is 0 Å². The molecule has 2 aromatic rings. The van der Waals surface area contributed by atoms with Crippen molar-refractivity contribution in [3.63, 3.8) is 0 Å². The zero-order valence-corrected chi connectivity index (χ0v) is 14.6. The molecule has 1 unspecified atom stereocenters. The summed E-state index contributed by atoms with van der Waals surface area (Å²) in [6.45, 7) is 4.28. The molecule has 4 rings (SSSR count). The number of ether oxygens (including phenoxy) is 2. The van der Waals surface area contributed by atoms with Crippen molar-refractivity contribution in [3.05, 3.63) is 53.8 Å². The van der Waals surface area contributed by atoms with Gasteiger partial charge < -0.3 is 19.7 Å². The Morgan fingerprint density at radius 3 is 2.62 bits per heavy atom. The van der Waals surface area contributed by atoms with Crippen LogP contribution in [0.15, 0.2) is 42.5 Å². The number of anilines is 1. The van der Waals surface area contributed by atoms with Crippen molar-refractivity contribution in [1.29, 1.82) is 0 Å². The van der Waals surface area contributed by atoms with Crippen molar-refractivity contribution in [2.75, 3.05) is 24.8 Å². The number of rotatable bonds is 5. The Bertz CT molecular complexity index is 805. The van der Waals surface area contributed by atoms with E-state index in [2.05, 4.69) is 5.32 Å². The fourth-order valence-electron chi connectivity index (χ4n) is 3.25. The molecule has 2 aliphatic rings. The SMILES string of the molecule is CC(C(=O)N(Cc1ccc2c(c1)OCO2)c1ccc(F)cc1)C1CNC1. The molecule has 1 N–H and O–H groups in total. The molecule has 0 spiro atoms. The van der Waals surface area contributed by atoms with Gasteiger partial charge in [0, 0.05) is 11.6 Å². The number of carbonyl (C=O) groups is 1. The molecule has 0 aliphatic carbocycles. The van der Waals surface area contributed by atoms with Crippen LogP contribution in [0.4, 0.5) is 10.1 Å². The fraction of sp³-hybridized carbons (Fsp3) is 0.350. The zero-order chi connectivity index (χ0) is 18.1. The van der Waals surface area contributed by atoms with E-state index in [0.29, 0.717) is 29.6 Å². The molecule has 2 heterocycles. The lowest BCUT2D eigenvalue weighted by Gasteiger charge is -2.35. The highest BCUT2D eigenvalue weighted by atomic mass is 19.1. The Morgan fingerprint density at radius 2 is 1.92 bits per heavy atom. The van der Waals surface area contributed by atoms with E-state index in [-0.39, 0.29) is 24.4 Å². The van der Waals surface area contributed by atoms with Gasteiger partial charge in [-0.25, -0.2) is 4.39 Å². The Balaban J connectivity index is 1.61. The van der Waals surface area contributed by atoms with Gasteiger partial charge in [0.15, 0.2) is 11.5 Å². The van der Waals surface area contributed by atoms with E-state index < -0.39 is 0 Å². The van der Waals surface area contributed by atoms with Crippen molar-refractivity contribution < 1.29 is 18.7 Å². The third kappa shape index (κ3) is 3.24. The monoisotopic (exact) mass is 356 g/mol. The second-order valence-corrected chi connectivity index (χ2v) is 6.80. The smallest absolute Gasteiger partial charge is 0.231 e. The normalized spacial score (nSPS) is 16.8. The van der Waals surface area contributed by atoms with Crippen LogP contribution < -0.4 is 19.7 Å². The van der Waals surface area contributed by atoms with Crippen molar-refractivity contribution in [3.8, 4) is 11.5 Å². The number of hydrogen-bond acceptors (Lipinski definition) is 4. The summed E-state index contributed by atoms with van der Waals surface area (Å²) in [5, 5.41) is 3.21. The van der Waals surface area contributed by atoms with Gasteiger partial charge in [-0.1, -0.05) is 13.0 Å². The summed E-state index contributed by atoms with van der Waals surface area (Å²) in [5.74, 6) is 1.35. The van der Waals surface area contributed by atoms with E-state index in [1.54, 1.807) is 17.0 Å². The summed E-state index contributed by atoms with van der Waals surface area (Å²) < 4.78 is 24.1. The molecule has 0 aromatic heterocycles. The lowest BCUT2D eigenvalue weighted by molar-refractivity contribution is -0.124. The number of fused-ring (bicyclic) bond motifs is 1. The summed E-state index contributed by atoms with van der Waals surface area (Å²) in [5.41, 5.74) is 1.62. The van der Waals surface area contributed by atoms with Gasteiger partial charge in [-0.05, 0) is 61.0 Å². The van der Waals surface area contributed by atoms with Crippen LogP contribution in [0.25, 0.3) is 0 Å². The predicted octanol–water partition coefficient (Wildman–Crippen LogP) is 2.94. The summed E-state index contributed by atoms with van der Waals surface area (Å²) >= 11 is 0. The molecular formula is C20H21FN2O3. The molecule has 1 fully saturated rings. The van der Waals surface area contributed by atoms with Crippen LogP contribution in [0.5, 0.6) is 11.5 Å². The number of hydrogen-bond donors (Lipinski definition) is 1. The first-order valence-electron chi connectivity index (χ1n) is 8.78. The van der Waals surface area contributed by atoms with Gasteiger partial charge in [-0.2, -0.15) is 0 Å². The largest absolute Gasteiger partial charge is 0.454 e. The molecule has 2 aliphatic heterocycles. The minimum Gasteiger partial charge on any atom is -0.454 e. The van der Waals surface area contributed by atoms with Crippen LogP contribution in [-0.4, -0.2) is 25.8 Å². The average Bonchev–Trinajstić information content (AvgIpc) is 3.06.